The van der Waals surface area contributed by atoms with Crippen LogP contribution in [-0.2, 0) is 9.59 Å². The molecule has 0 spiro atoms. The zero-order valence-corrected chi connectivity index (χ0v) is 28.2. The molecular formula is C38H68N2O2. The summed E-state index contributed by atoms with van der Waals surface area (Å²) in [7, 11) is 0. The molecule has 0 aromatic rings. The Morgan fingerprint density at radius 1 is 0.690 bits per heavy atom. The molecule has 0 N–H and O–H groups in total. The van der Waals surface area contributed by atoms with Crippen molar-refractivity contribution in [1.82, 2.24) is 0 Å². The summed E-state index contributed by atoms with van der Waals surface area (Å²) >= 11 is 0. The highest BCUT2D eigenvalue weighted by Crippen LogP contribution is 2.42. The second kappa shape index (κ2) is 28.3. The van der Waals surface area contributed by atoms with Crippen LogP contribution in [0.1, 0.15) is 181 Å². The van der Waals surface area contributed by atoms with E-state index in [1.165, 1.54) is 148 Å². The lowest BCUT2D eigenvalue weighted by atomic mass is 9.68. The summed E-state index contributed by atoms with van der Waals surface area (Å²) in [6.07, 6.45) is 38.9. The molecule has 0 radical (unpaired) electrons. The van der Waals surface area contributed by atoms with Gasteiger partial charge in [0.1, 0.15) is 0 Å². The molecule has 0 aromatic carbocycles. The molecule has 1 rings (SSSR count). The van der Waals surface area contributed by atoms with E-state index < -0.39 is 0 Å². The van der Waals surface area contributed by atoms with Gasteiger partial charge in [0.05, 0.1) is 13.1 Å². The van der Waals surface area contributed by atoms with E-state index >= 15 is 0 Å². The lowest BCUT2D eigenvalue weighted by Gasteiger charge is -2.37. The SMILES string of the molecule is CCCCCCC1CCC=C(C(CCCC)C(CCCCCCCCN=C=O)C(C)CCCCCCCCN=C=O)C1. The molecular weight excluding hydrogens is 516 g/mol. The van der Waals surface area contributed by atoms with Crippen LogP contribution in [0.2, 0.25) is 0 Å². The van der Waals surface area contributed by atoms with Gasteiger partial charge >= 0.3 is 0 Å². The molecule has 4 unspecified atom stereocenters. The molecule has 0 saturated carbocycles. The largest absolute Gasteiger partial charge is 0.234 e. The Morgan fingerprint density at radius 3 is 1.83 bits per heavy atom. The Labute approximate surface area is 261 Å². The molecule has 0 aliphatic heterocycles. The topological polar surface area (TPSA) is 58.9 Å². The van der Waals surface area contributed by atoms with E-state index in [4.69, 9.17) is 0 Å². The smallest absolute Gasteiger partial charge is 0.211 e. The van der Waals surface area contributed by atoms with Crippen LogP contribution < -0.4 is 0 Å². The minimum absolute atomic E-state index is 0.644. The van der Waals surface area contributed by atoms with Gasteiger partial charge in [0, 0.05) is 0 Å². The van der Waals surface area contributed by atoms with Gasteiger partial charge in [-0.05, 0) is 68.6 Å². The quantitative estimate of drug-likeness (QED) is 0.0380. The summed E-state index contributed by atoms with van der Waals surface area (Å²) in [5, 5.41) is 0. The highest BCUT2D eigenvalue weighted by molar-refractivity contribution is 5.32. The number of hydrogen-bond acceptors (Lipinski definition) is 4. The van der Waals surface area contributed by atoms with Crippen molar-refractivity contribution in [2.24, 2.45) is 33.7 Å². The summed E-state index contributed by atoms with van der Waals surface area (Å²) in [6.45, 7) is 8.56. The first-order valence-corrected chi connectivity index (χ1v) is 18.4. The number of nitrogens with zero attached hydrogens (tertiary/aromatic N) is 2. The standard InChI is InChI=1S/C38H68N2O2/c1-4-6-8-18-24-35-25-22-26-36(31-35)38(27-7-5-2)37(28-19-14-10-12-16-21-30-40-33-42)34(3)23-17-13-9-11-15-20-29-39-32-41/h26,34-35,37-38H,4-25,27-31H2,1-3H3. The Balaban J connectivity index is 2.73. The van der Waals surface area contributed by atoms with Crippen LogP contribution in [-0.4, -0.2) is 25.2 Å². The molecule has 42 heavy (non-hydrogen) atoms. The molecule has 4 heteroatoms. The fraction of sp³-hybridized carbons (Fsp3) is 0.895. The van der Waals surface area contributed by atoms with Crippen LogP contribution >= 0.6 is 0 Å². The molecule has 1 aliphatic rings. The number of hydrogen-bond donors (Lipinski definition) is 0. The van der Waals surface area contributed by atoms with E-state index in [1.54, 1.807) is 12.2 Å². The average molecular weight is 585 g/mol. The second-order valence-electron chi connectivity index (χ2n) is 13.4. The summed E-state index contributed by atoms with van der Waals surface area (Å²) < 4.78 is 0. The second-order valence-corrected chi connectivity index (χ2v) is 13.4. The molecule has 1 aliphatic carbocycles. The van der Waals surface area contributed by atoms with Crippen LogP contribution in [0.5, 0.6) is 0 Å². The molecule has 0 heterocycles. The first kappa shape index (κ1) is 38.5. The molecule has 242 valence electrons. The van der Waals surface area contributed by atoms with Crippen molar-refractivity contribution in [3.63, 3.8) is 0 Å². The maximum absolute atomic E-state index is 10.3. The zero-order valence-electron chi connectivity index (χ0n) is 28.2. The van der Waals surface area contributed by atoms with Crippen molar-refractivity contribution in [2.45, 2.75) is 181 Å². The zero-order chi connectivity index (χ0) is 30.5. The fourth-order valence-corrected chi connectivity index (χ4v) is 7.36. The van der Waals surface area contributed by atoms with E-state index in [2.05, 4.69) is 36.8 Å². The highest BCUT2D eigenvalue weighted by atomic mass is 16.1. The van der Waals surface area contributed by atoms with Crippen molar-refractivity contribution in [3.8, 4) is 0 Å². The normalized spacial score (nSPS) is 17.1. The number of unbranched alkanes of at least 4 members (excludes halogenated alkanes) is 14. The summed E-state index contributed by atoms with van der Waals surface area (Å²) in [4.78, 5) is 27.9. The fourth-order valence-electron chi connectivity index (χ4n) is 7.36. The predicted octanol–water partition coefficient (Wildman–Crippen LogP) is 11.9. The highest BCUT2D eigenvalue weighted by Gasteiger charge is 2.30. The van der Waals surface area contributed by atoms with Gasteiger partial charge in [0.2, 0.25) is 12.2 Å². The van der Waals surface area contributed by atoms with Gasteiger partial charge in [-0.1, -0.05) is 148 Å². The van der Waals surface area contributed by atoms with Gasteiger partial charge in [-0.3, -0.25) is 0 Å². The Hall–Kier alpha value is -1.50. The van der Waals surface area contributed by atoms with Gasteiger partial charge in [-0.25, -0.2) is 19.6 Å². The number of rotatable bonds is 29. The first-order valence-electron chi connectivity index (χ1n) is 18.4. The first-order chi connectivity index (χ1) is 20.7. The van der Waals surface area contributed by atoms with E-state index in [0.717, 1.165) is 36.5 Å². The summed E-state index contributed by atoms with van der Waals surface area (Å²) in [5.74, 6) is 3.33. The van der Waals surface area contributed by atoms with E-state index in [9.17, 15) is 9.59 Å². The van der Waals surface area contributed by atoms with Gasteiger partial charge in [-0.15, -0.1) is 0 Å². The number of aliphatic imine (C=N–C) groups is 2. The van der Waals surface area contributed by atoms with E-state index in [0.29, 0.717) is 13.1 Å². The lowest BCUT2D eigenvalue weighted by molar-refractivity contribution is 0.206. The molecule has 4 atom stereocenters. The molecule has 0 bridgehead atoms. The maximum atomic E-state index is 10.3. The Kier molecular flexibility index (Phi) is 25.9. The van der Waals surface area contributed by atoms with Crippen molar-refractivity contribution in [2.75, 3.05) is 13.1 Å². The Bertz CT molecular complexity index is 750. The minimum Gasteiger partial charge on any atom is -0.211 e. The van der Waals surface area contributed by atoms with Crippen LogP contribution in [0, 0.1) is 23.7 Å². The molecule has 0 saturated heterocycles. The maximum Gasteiger partial charge on any atom is 0.234 e. The van der Waals surface area contributed by atoms with Crippen molar-refractivity contribution in [3.05, 3.63) is 11.6 Å². The Morgan fingerprint density at radius 2 is 1.24 bits per heavy atom. The van der Waals surface area contributed by atoms with Crippen LogP contribution in [0.15, 0.2) is 21.6 Å². The molecule has 4 nitrogen and oxygen atoms in total. The number of carbonyl (C=O) groups excluding carboxylic acids is 2. The molecule has 0 amide bonds. The van der Waals surface area contributed by atoms with Crippen molar-refractivity contribution in [1.29, 1.82) is 0 Å². The average Bonchev–Trinajstić information content (AvgIpc) is 3.00. The third-order valence-corrected chi connectivity index (χ3v) is 9.93. The third-order valence-electron chi connectivity index (χ3n) is 9.93. The van der Waals surface area contributed by atoms with E-state index in [-0.39, 0.29) is 0 Å². The summed E-state index contributed by atoms with van der Waals surface area (Å²) in [6, 6.07) is 0. The third kappa shape index (κ3) is 19.6. The minimum atomic E-state index is 0.644. The van der Waals surface area contributed by atoms with Crippen LogP contribution in [0.25, 0.3) is 0 Å². The lowest BCUT2D eigenvalue weighted by Crippen LogP contribution is -2.26. The van der Waals surface area contributed by atoms with Gasteiger partial charge in [-0.2, -0.15) is 0 Å². The number of isocyanates is 2. The number of allylic oxidation sites excluding steroid dienone is 2. The van der Waals surface area contributed by atoms with Crippen molar-refractivity contribution >= 4 is 12.2 Å². The van der Waals surface area contributed by atoms with Crippen LogP contribution in [0.3, 0.4) is 0 Å². The molecule has 0 fully saturated rings. The molecule has 0 aromatic heterocycles. The monoisotopic (exact) mass is 585 g/mol. The summed E-state index contributed by atoms with van der Waals surface area (Å²) in [5.41, 5.74) is 1.85. The van der Waals surface area contributed by atoms with E-state index in [1.807, 2.05) is 5.57 Å². The van der Waals surface area contributed by atoms with Crippen molar-refractivity contribution < 1.29 is 9.59 Å². The van der Waals surface area contributed by atoms with Gasteiger partial charge in [0.25, 0.3) is 0 Å². The van der Waals surface area contributed by atoms with Crippen LogP contribution in [0.4, 0.5) is 0 Å². The van der Waals surface area contributed by atoms with Gasteiger partial charge < -0.3 is 0 Å². The van der Waals surface area contributed by atoms with Gasteiger partial charge in [0.15, 0.2) is 0 Å². The predicted molar refractivity (Wildman–Crippen MR) is 180 cm³/mol.